The first-order valence-corrected chi connectivity index (χ1v) is 6.43. The quantitative estimate of drug-likeness (QED) is 0.772. The summed E-state index contributed by atoms with van der Waals surface area (Å²) < 4.78 is 0. The van der Waals surface area contributed by atoms with Crippen LogP contribution in [0.5, 0.6) is 0 Å². The largest absolute Gasteiger partial charge is 0.352 e. The van der Waals surface area contributed by atoms with Crippen molar-refractivity contribution in [1.82, 2.24) is 5.32 Å². The summed E-state index contributed by atoms with van der Waals surface area (Å²) in [6.07, 6.45) is 2.95. The van der Waals surface area contributed by atoms with Crippen molar-refractivity contribution in [2.75, 3.05) is 11.9 Å². The molecule has 0 spiro atoms. The van der Waals surface area contributed by atoms with Gasteiger partial charge in [-0.1, -0.05) is 31.2 Å². The highest BCUT2D eigenvalue weighted by Crippen LogP contribution is 2.05. The van der Waals surface area contributed by atoms with Crippen LogP contribution in [0, 0.1) is 0 Å². The number of amides is 2. The lowest BCUT2D eigenvalue weighted by atomic mass is 10.2. The van der Waals surface area contributed by atoms with Gasteiger partial charge in [-0.3, -0.25) is 9.59 Å². The number of allylic oxidation sites excluding steroid dienone is 1. The maximum absolute atomic E-state index is 11.6. The Morgan fingerprint density at radius 2 is 1.89 bits per heavy atom. The fourth-order valence-electron chi connectivity index (χ4n) is 1.57. The Hall–Kier alpha value is -2.10. The van der Waals surface area contributed by atoms with E-state index in [1.54, 1.807) is 6.92 Å². The van der Waals surface area contributed by atoms with E-state index in [1.807, 2.05) is 43.3 Å². The van der Waals surface area contributed by atoms with E-state index in [0.29, 0.717) is 12.1 Å². The second-order valence-corrected chi connectivity index (χ2v) is 4.22. The van der Waals surface area contributed by atoms with E-state index in [1.165, 1.54) is 0 Å². The number of anilines is 1. The van der Waals surface area contributed by atoms with Gasteiger partial charge in [0.2, 0.25) is 11.8 Å². The van der Waals surface area contributed by atoms with Crippen LogP contribution in [0.4, 0.5) is 5.69 Å². The van der Waals surface area contributed by atoms with Gasteiger partial charge < -0.3 is 10.6 Å². The Labute approximate surface area is 113 Å². The van der Waals surface area contributed by atoms with Crippen LogP contribution in [0.25, 0.3) is 0 Å². The number of hydrogen-bond acceptors (Lipinski definition) is 2. The normalized spacial score (nSPS) is 10.9. The number of benzene rings is 1. The number of nitrogens with one attached hydrogen (secondary N) is 2. The zero-order valence-electron chi connectivity index (χ0n) is 11.4. The molecule has 19 heavy (non-hydrogen) atoms. The van der Waals surface area contributed by atoms with Crippen LogP contribution in [0.1, 0.15) is 26.7 Å². The van der Waals surface area contributed by atoms with Gasteiger partial charge in [-0.2, -0.15) is 0 Å². The fourth-order valence-corrected chi connectivity index (χ4v) is 1.57. The van der Waals surface area contributed by atoms with E-state index in [9.17, 15) is 9.59 Å². The minimum absolute atomic E-state index is 0.108. The molecule has 1 aromatic carbocycles. The molecule has 0 bridgehead atoms. The second kappa shape index (κ2) is 8.08. The van der Waals surface area contributed by atoms with Crippen LogP contribution in [-0.4, -0.2) is 18.4 Å². The van der Waals surface area contributed by atoms with Crippen molar-refractivity contribution >= 4 is 17.5 Å². The summed E-state index contributed by atoms with van der Waals surface area (Å²) >= 11 is 0. The third-order valence-corrected chi connectivity index (χ3v) is 2.56. The molecule has 2 N–H and O–H groups in total. The van der Waals surface area contributed by atoms with Crippen LogP contribution in [-0.2, 0) is 9.59 Å². The Bertz CT molecular complexity index is 452. The molecule has 0 unspecified atom stereocenters. The molecule has 1 aromatic rings. The maximum Gasteiger partial charge on any atom is 0.246 e. The Balaban J connectivity index is 2.28. The Morgan fingerprint density at radius 1 is 1.21 bits per heavy atom. The first kappa shape index (κ1) is 15.0. The third-order valence-electron chi connectivity index (χ3n) is 2.56. The first-order valence-electron chi connectivity index (χ1n) is 6.43. The smallest absolute Gasteiger partial charge is 0.246 e. The summed E-state index contributed by atoms with van der Waals surface area (Å²) in [5.41, 5.74) is 1.45. The van der Waals surface area contributed by atoms with Crippen molar-refractivity contribution < 1.29 is 9.59 Å². The summed E-state index contributed by atoms with van der Waals surface area (Å²) in [7, 11) is 0. The summed E-state index contributed by atoms with van der Waals surface area (Å²) in [5, 5.41) is 5.48. The molecular formula is C15H20N2O2. The molecule has 102 valence electrons. The van der Waals surface area contributed by atoms with Crippen molar-refractivity contribution in [2.45, 2.75) is 26.7 Å². The average Bonchev–Trinajstić information content (AvgIpc) is 2.40. The van der Waals surface area contributed by atoms with Crippen LogP contribution in [0.2, 0.25) is 0 Å². The number of para-hydroxylation sites is 1. The summed E-state index contributed by atoms with van der Waals surface area (Å²) in [6, 6.07) is 9.25. The SMILES string of the molecule is CC/C=C(/C)C(=O)NCCC(=O)Nc1ccccc1. The molecule has 0 saturated heterocycles. The minimum Gasteiger partial charge on any atom is -0.352 e. The number of hydrogen-bond donors (Lipinski definition) is 2. The van der Waals surface area contributed by atoms with Gasteiger partial charge in [-0.15, -0.1) is 0 Å². The molecule has 0 aliphatic heterocycles. The van der Waals surface area contributed by atoms with Crippen molar-refractivity contribution in [3.8, 4) is 0 Å². The van der Waals surface area contributed by atoms with Gasteiger partial charge in [0, 0.05) is 24.2 Å². The summed E-state index contributed by atoms with van der Waals surface area (Å²) in [6.45, 7) is 4.08. The Morgan fingerprint density at radius 3 is 2.53 bits per heavy atom. The van der Waals surface area contributed by atoms with E-state index < -0.39 is 0 Å². The molecule has 4 heteroatoms. The molecule has 0 aliphatic carbocycles. The highest BCUT2D eigenvalue weighted by atomic mass is 16.2. The van der Waals surface area contributed by atoms with Crippen LogP contribution in [0.15, 0.2) is 42.0 Å². The molecule has 0 atom stereocenters. The standard InChI is InChI=1S/C15H20N2O2/c1-3-7-12(2)15(19)16-11-10-14(18)17-13-8-5-4-6-9-13/h4-9H,3,10-11H2,1-2H3,(H,16,19)(H,17,18)/b12-7-. The van der Waals surface area contributed by atoms with E-state index in [-0.39, 0.29) is 18.2 Å². The lowest BCUT2D eigenvalue weighted by Gasteiger charge is -2.06. The van der Waals surface area contributed by atoms with Crippen LogP contribution < -0.4 is 10.6 Å². The molecule has 0 aromatic heterocycles. The van der Waals surface area contributed by atoms with Crippen molar-refractivity contribution in [2.24, 2.45) is 0 Å². The highest BCUT2D eigenvalue weighted by molar-refractivity contribution is 5.94. The predicted molar refractivity (Wildman–Crippen MR) is 76.7 cm³/mol. The van der Waals surface area contributed by atoms with Gasteiger partial charge in [0.25, 0.3) is 0 Å². The molecule has 1 rings (SSSR count). The van der Waals surface area contributed by atoms with Crippen LogP contribution in [0.3, 0.4) is 0 Å². The van der Waals surface area contributed by atoms with Gasteiger partial charge in [0.05, 0.1) is 0 Å². The predicted octanol–water partition coefficient (Wildman–Crippen LogP) is 2.49. The molecule has 0 fully saturated rings. The monoisotopic (exact) mass is 260 g/mol. The highest BCUT2D eigenvalue weighted by Gasteiger charge is 2.05. The topological polar surface area (TPSA) is 58.2 Å². The fraction of sp³-hybridized carbons (Fsp3) is 0.333. The van der Waals surface area contributed by atoms with Crippen molar-refractivity contribution in [3.05, 3.63) is 42.0 Å². The lowest BCUT2D eigenvalue weighted by molar-refractivity contribution is -0.118. The molecule has 2 amide bonds. The molecule has 4 nitrogen and oxygen atoms in total. The molecule has 0 heterocycles. The van der Waals surface area contributed by atoms with Gasteiger partial charge in [-0.25, -0.2) is 0 Å². The molecule has 0 saturated carbocycles. The minimum atomic E-state index is -0.116. The van der Waals surface area contributed by atoms with E-state index in [2.05, 4.69) is 10.6 Å². The van der Waals surface area contributed by atoms with Crippen LogP contribution >= 0.6 is 0 Å². The third kappa shape index (κ3) is 5.86. The van der Waals surface area contributed by atoms with Gasteiger partial charge in [0.15, 0.2) is 0 Å². The molecule has 0 aliphatic rings. The van der Waals surface area contributed by atoms with E-state index >= 15 is 0 Å². The van der Waals surface area contributed by atoms with Gasteiger partial charge >= 0.3 is 0 Å². The Kier molecular flexibility index (Phi) is 6.36. The second-order valence-electron chi connectivity index (χ2n) is 4.22. The van der Waals surface area contributed by atoms with Crippen molar-refractivity contribution in [1.29, 1.82) is 0 Å². The lowest BCUT2D eigenvalue weighted by Crippen LogP contribution is -2.28. The zero-order chi connectivity index (χ0) is 14.1. The zero-order valence-corrected chi connectivity index (χ0v) is 11.4. The van der Waals surface area contributed by atoms with Crippen molar-refractivity contribution in [3.63, 3.8) is 0 Å². The molecule has 0 radical (unpaired) electrons. The average molecular weight is 260 g/mol. The number of rotatable bonds is 6. The summed E-state index contributed by atoms with van der Waals surface area (Å²) in [5.74, 6) is -0.224. The maximum atomic E-state index is 11.6. The van der Waals surface area contributed by atoms with Gasteiger partial charge in [0.1, 0.15) is 0 Å². The van der Waals surface area contributed by atoms with Gasteiger partial charge in [-0.05, 0) is 25.5 Å². The summed E-state index contributed by atoms with van der Waals surface area (Å²) in [4.78, 5) is 23.2. The molecular weight excluding hydrogens is 240 g/mol. The number of carbonyl (C=O) groups is 2. The van der Waals surface area contributed by atoms with E-state index in [0.717, 1.165) is 12.1 Å². The first-order chi connectivity index (χ1) is 9.13. The van der Waals surface area contributed by atoms with E-state index in [4.69, 9.17) is 0 Å². The number of carbonyl (C=O) groups excluding carboxylic acids is 2.